The van der Waals surface area contributed by atoms with E-state index in [9.17, 15) is 4.79 Å². The fourth-order valence-corrected chi connectivity index (χ4v) is 3.60. The van der Waals surface area contributed by atoms with Crippen LogP contribution < -0.4 is 0 Å². The lowest BCUT2D eigenvalue weighted by Crippen LogP contribution is -2.10. The molecule has 0 radical (unpaired) electrons. The van der Waals surface area contributed by atoms with Crippen LogP contribution in [0.15, 0.2) is 36.5 Å². The third kappa shape index (κ3) is 1.78. The molecular formula is C18H21NO. The maximum absolute atomic E-state index is 12.6. The number of rotatable bonds is 3. The molecule has 20 heavy (non-hydrogen) atoms. The van der Waals surface area contributed by atoms with Crippen LogP contribution >= 0.6 is 0 Å². The van der Waals surface area contributed by atoms with Crippen LogP contribution in [0.25, 0.3) is 10.9 Å². The zero-order valence-electron chi connectivity index (χ0n) is 12.6. The molecule has 1 heterocycles. The summed E-state index contributed by atoms with van der Waals surface area (Å²) in [5.41, 5.74) is 2.30. The maximum atomic E-state index is 12.6. The van der Waals surface area contributed by atoms with Crippen molar-refractivity contribution >= 4 is 16.7 Å². The van der Waals surface area contributed by atoms with Crippen molar-refractivity contribution in [1.29, 1.82) is 0 Å². The molecule has 0 bridgehead atoms. The molecule has 1 aliphatic carbocycles. The third-order valence-electron chi connectivity index (χ3n) is 5.45. The standard InChI is InChI=1S/C18H21NO/c1-17(2)16(18(17,3)4)15(20)11-12-9-10-19-14-8-6-5-7-13(12)14/h5-10,16H,11H2,1-4H3. The van der Waals surface area contributed by atoms with Gasteiger partial charge in [0.05, 0.1) is 5.52 Å². The summed E-state index contributed by atoms with van der Waals surface area (Å²) in [5, 5.41) is 1.10. The van der Waals surface area contributed by atoms with E-state index in [0.717, 1.165) is 16.5 Å². The van der Waals surface area contributed by atoms with E-state index < -0.39 is 0 Å². The molecule has 1 fully saturated rings. The normalized spacial score (nSPS) is 20.0. The molecular weight excluding hydrogens is 246 g/mol. The number of nitrogens with zero attached hydrogens (tertiary/aromatic N) is 1. The Morgan fingerprint density at radius 2 is 1.75 bits per heavy atom. The van der Waals surface area contributed by atoms with Gasteiger partial charge in [0.25, 0.3) is 0 Å². The molecule has 0 atom stereocenters. The predicted octanol–water partition coefficient (Wildman–Crippen LogP) is 4.03. The minimum atomic E-state index is 0.118. The molecule has 104 valence electrons. The molecule has 0 unspecified atom stereocenters. The van der Waals surface area contributed by atoms with Crippen molar-refractivity contribution in [2.75, 3.05) is 0 Å². The molecule has 2 nitrogen and oxygen atoms in total. The van der Waals surface area contributed by atoms with Crippen molar-refractivity contribution in [3.8, 4) is 0 Å². The largest absolute Gasteiger partial charge is 0.299 e. The zero-order chi connectivity index (χ0) is 14.5. The summed E-state index contributed by atoms with van der Waals surface area (Å²) in [6.07, 6.45) is 2.31. The van der Waals surface area contributed by atoms with Gasteiger partial charge in [-0.25, -0.2) is 0 Å². The molecule has 2 heteroatoms. The van der Waals surface area contributed by atoms with Gasteiger partial charge in [-0.2, -0.15) is 0 Å². The van der Waals surface area contributed by atoms with Crippen molar-refractivity contribution in [3.05, 3.63) is 42.1 Å². The first kappa shape index (κ1) is 13.3. The molecule has 2 aromatic rings. The Morgan fingerprint density at radius 1 is 1.10 bits per heavy atom. The summed E-state index contributed by atoms with van der Waals surface area (Å²) in [5.74, 6) is 0.526. The van der Waals surface area contributed by atoms with Gasteiger partial charge in [-0.05, 0) is 28.5 Å². The highest BCUT2D eigenvalue weighted by Gasteiger charge is 2.67. The van der Waals surface area contributed by atoms with Crippen molar-refractivity contribution < 1.29 is 4.79 Å². The number of benzene rings is 1. The minimum Gasteiger partial charge on any atom is -0.299 e. The van der Waals surface area contributed by atoms with Crippen molar-refractivity contribution in [2.45, 2.75) is 34.1 Å². The van der Waals surface area contributed by atoms with Crippen LogP contribution in [0.1, 0.15) is 33.3 Å². The topological polar surface area (TPSA) is 30.0 Å². The summed E-state index contributed by atoms with van der Waals surface area (Å²) in [6, 6.07) is 10.0. The molecule has 0 N–H and O–H groups in total. The summed E-state index contributed by atoms with van der Waals surface area (Å²) in [7, 11) is 0. The van der Waals surface area contributed by atoms with Crippen molar-refractivity contribution in [1.82, 2.24) is 4.98 Å². The van der Waals surface area contributed by atoms with Gasteiger partial charge >= 0.3 is 0 Å². The van der Waals surface area contributed by atoms with Crippen LogP contribution in [-0.4, -0.2) is 10.8 Å². The van der Waals surface area contributed by atoms with Gasteiger partial charge in [-0.15, -0.1) is 0 Å². The maximum Gasteiger partial charge on any atom is 0.141 e. The Morgan fingerprint density at radius 3 is 2.40 bits per heavy atom. The Bertz CT molecular complexity index is 665. The van der Waals surface area contributed by atoms with Crippen LogP contribution in [0.5, 0.6) is 0 Å². The van der Waals surface area contributed by atoms with Crippen LogP contribution in [0.3, 0.4) is 0 Å². The quantitative estimate of drug-likeness (QED) is 0.840. The number of carbonyl (C=O) groups excluding carboxylic acids is 1. The third-order valence-corrected chi connectivity index (χ3v) is 5.45. The lowest BCUT2D eigenvalue weighted by molar-refractivity contribution is -0.120. The predicted molar refractivity (Wildman–Crippen MR) is 81.5 cm³/mol. The number of Topliss-reactive ketones (excluding diaryl/α,β-unsaturated/α-hetero) is 1. The van der Waals surface area contributed by atoms with Gasteiger partial charge in [0.1, 0.15) is 5.78 Å². The zero-order valence-corrected chi connectivity index (χ0v) is 12.6. The molecule has 0 spiro atoms. The molecule has 1 aromatic heterocycles. The monoisotopic (exact) mass is 267 g/mol. The molecule has 0 saturated heterocycles. The van der Waals surface area contributed by atoms with Crippen molar-refractivity contribution in [2.24, 2.45) is 16.7 Å². The number of para-hydroxylation sites is 1. The van der Waals surface area contributed by atoms with Gasteiger partial charge in [0.2, 0.25) is 0 Å². The van der Waals surface area contributed by atoms with E-state index in [1.54, 1.807) is 6.20 Å². The molecule has 1 saturated carbocycles. The van der Waals surface area contributed by atoms with Gasteiger partial charge in [-0.1, -0.05) is 45.9 Å². The van der Waals surface area contributed by atoms with Crippen LogP contribution in [-0.2, 0) is 11.2 Å². The van der Waals surface area contributed by atoms with E-state index in [2.05, 4.69) is 32.7 Å². The second kappa shape index (κ2) is 4.15. The molecule has 1 aromatic carbocycles. The van der Waals surface area contributed by atoms with Crippen LogP contribution in [0.2, 0.25) is 0 Å². The lowest BCUT2D eigenvalue weighted by atomic mass is 9.99. The highest BCUT2D eigenvalue weighted by molar-refractivity contribution is 5.92. The minimum absolute atomic E-state index is 0.118. The van der Waals surface area contributed by atoms with E-state index in [1.807, 2.05) is 30.3 Å². The first-order valence-electron chi connectivity index (χ1n) is 7.21. The molecule has 1 aliphatic rings. The molecule has 3 rings (SSSR count). The number of hydrogen-bond donors (Lipinski definition) is 0. The average molecular weight is 267 g/mol. The van der Waals surface area contributed by atoms with Gasteiger partial charge in [-0.3, -0.25) is 9.78 Å². The van der Waals surface area contributed by atoms with Crippen LogP contribution in [0.4, 0.5) is 0 Å². The number of hydrogen-bond acceptors (Lipinski definition) is 2. The summed E-state index contributed by atoms with van der Waals surface area (Å²) in [6.45, 7) is 8.78. The summed E-state index contributed by atoms with van der Waals surface area (Å²) in [4.78, 5) is 17.0. The highest BCUT2D eigenvalue weighted by atomic mass is 16.1. The number of pyridine rings is 1. The molecule has 0 aliphatic heterocycles. The van der Waals surface area contributed by atoms with E-state index in [0.29, 0.717) is 12.2 Å². The second-order valence-corrected chi connectivity index (χ2v) is 7.01. The van der Waals surface area contributed by atoms with E-state index in [1.165, 1.54) is 0 Å². The second-order valence-electron chi connectivity index (χ2n) is 7.01. The smallest absolute Gasteiger partial charge is 0.141 e. The summed E-state index contributed by atoms with van der Waals surface area (Å²) < 4.78 is 0. The molecule has 0 amide bonds. The van der Waals surface area contributed by atoms with Gasteiger partial charge in [0, 0.05) is 23.9 Å². The van der Waals surface area contributed by atoms with Crippen LogP contribution in [0, 0.1) is 16.7 Å². The van der Waals surface area contributed by atoms with E-state index in [-0.39, 0.29) is 16.7 Å². The Balaban J connectivity index is 1.90. The number of aromatic nitrogens is 1. The SMILES string of the molecule is CC1(C)C(C(=O)Cc2ccnc3ccccc23)C1(C)C. The number of carbonyl (C=O) groups is 1. The fourth-order valence-electron chi connectivity index (χ4n) is 3.60. The highest BCUT2D eigenvalue weighted by Crippen LogP contribution is 2.68. The first-order valence-corrected chi connectivity index (χ1v) is 7.21. The Labute approximate surface area is 120 Å². The lowest BCUT2D eigenvalue weighted by Gasteiger charge is -2.06. The van der Waals surface area contributed by atoms with Gasteiger partial charge in [0.15, 0.2) is 0 Å². The number of ketones is 1. The average Bonchev–Trinajstić information content (AvgIpc) is 2.80. The fraction of sp³-hybridized carbons (Fsp3) is 0.444. The number of fused-ring (bicyclic) bond motifs is 1. The first-order chi connectivity index (χ1) is 9.35. The Kier molecular flexibility index (Phi) is 2.75. The van der Waals surface area contributed by atoms with Gasteiger partial charge < -0.3 is 0 Å². The summed E-state index contributed by atoms with van der Waals surface area (Å²) >= 11 is 0. The Hall–Kier alpha value is -1.70. The van der Waals surface area contributed by atoms with E-state index in [4.69, 9.17) is 0 Å². The van der Waals surface area contributed by atoms with Crippen molar-refractivity contribution in [3.63, 3.8) is 0 Å². The van der Waals surface area contributed by atoms with E-state index >= 15 is 0 Å².